The maximum Gasteiger partial charge on any atom is 0.239 e. The van der Waals surface area contributed by atoms with Gasteiger partial charge >= 0.3 is 0 Å². The summed E-state index contributed by atoms with van der Waals surface area (Å²) in [6, 6.07) is 3.66. The molecule has 2 rings (SSSR count). The third kappa shape index (κ3) is 6.33. The van der Waals surface area contributed by atoms with Gasteiger partial charge in [0, 0.05) is 19.3 Å². The number of rotatable bonds is 7. The van der Waals surface area contributed by atoms with E-state index in [0.717, 1.165) is 25.0 Å². The van der Waals surface area contributed by atoms with Gasteiger partial charge < -0.3 is 15.4 Å². The zero-order chi connectivity index (χ0) is 16.7. The average Bonchev–Trinajstić information content (AvgIpc) is 2.98. The third-order valence-electron chi connectivity index (χ3n) is 3.56. The number of hydrogen-bond donors (Lipinski definition) is 2. The standard InChI is InChI=1S/C16H24N4O3/c1-12-5-6-17-14(8-12)19-16(22)11-20(2)10-15(21)18-9-13-4-3-7-23-13/h5-6,8,13H,3-4,7,9-11H2,1-2H3,(H,18,21)(H,17,19,22)/t13-/m0/s1. The van der Waals surface area contributed by atoms with Crippen LogP contribution in [-0.2, 0) is 14.3 Å². The van der Waals surface area contributed by atoms with Crippen LogP contribution in [0.3, 0.4) is 0 Å². The minimum atomic E-state index is -0.197. The van der Waals surface area contributed by atoms with Crippen molar-refractivity contribution in [1.82, 2.24) is 15.2 Å². The molecule has 7 heteroatoms. The van der Waals surface area contributed by atoms with Gasteiger partial charge in [0.2, 0.25) is 11.8 Å². The van der Waals surface area contributed by atoms with Gasteiger partial charge in [-0.2, -0.15) is 0 Å². The van der Waals surface area contributed by atoms with Crippen molar-refractivity contribution in [2.24, 2.45) is 0 Å². The first-order valence-corrected chi connectivity index (χ1v) is 7.82. The fourth-order valence-electron chi connectivity index (χ4n) is 2.42. The lowest BCUT2D eigenvalue weighted by atomic mass is 10.2. The molecule has 1 atom stereocenters. The van der Waals surface area contributed by atoms with Crippen molar-refractivity contribution in [3.8, 4) is 0 Å². The molecule has 1 saturated heterocycles. The molecule has 1 aromatic heterocycles. The van der Waals surface area contributed by atoms with Crippen molar-refractivity contribution in [3.63, 3.8) is 0 Å². The van der Waals surface area contributed by atoms with E-state index in [1.807, 2.05) is 13.0 Å². The lowest BCUT2D eigenvalue weighted by Gasteiger charge is -2.17. The molecule has 2 heterocycles. The average molecular weight is 320 g/mol. The summed E-state index contributed by atoms with van der Waals surface area (Å²) >= 11 is 0. The quantitative estimate of drug-likeness (QED) is 0.767. The molecule has 0 unspecified atom stereocenters. The second kappa shape index (κ2) is 8.59. The van der Waals surface area contributed by atoms with Crippen LogP contribution < -0.4 is 10.6 Å². The van der Waals surface area contributed by atoms with Gasteiger partial charge in [-0.1, -0.05) is 0 Å². The van der Waals surface area contributed by atoms with Gasteiger partial charge in [0.05, 0.1) is 19.2 Å². The predicted octanol–water partition coefficient (Wildman–Crippen LogP) is 0.556. The molecule has 0 aromatic carbocycles. The summed E-state index contributed by atoms with van der Waals surface area (Å²) in [5, 5.41) is 5.56. The van der Waals surface area contributed by atoms with Crippen molar-refractivity contribution in [2.75, 3.05) is 38.6 Å². The molecule has 0 saturated carbocycles. The normalized spacial score (nSPS) is 17.3. The lowest BCUT2D eigenvalue weighted by molar-refractivity contribution is -0.123. The summed E-state index contributed by atoms with van der Waals surface area (Å²) in [6.07, 6.45) is 3.81. The van der Waals surface area contributed by atoms with Gasteiger partial charge in [-0.15, -0.1) is 0 Å². The van der Waals surface area contributed by atoms with Gasteiger partial charge in [-0.05, 0) is 44.5 Å². The zero-order valence-electron chi connectivity index (χ0n) is 13.7. The Morgan fingerprint density at radius 3 is 2.87 bits per heavy atom. The van der Waals surface area contributed by atoms with Crippen LogP contribution >= 0.6 is 0 Å². The third-order valence-corrected chi connectivity index (χ3v) is 3.56. The summed E-state index contributed by atoms with van der Waals surface area (Å²) in [5.74, 6) is 0.216. The van der Waals surface area contributed by atoms with Crippen LogP contribution in [0, 0.1) is 6.92 Å². The Bertz CT molecular complexity index is 544. The molecular weight excluding hydrogens is 296 g/mol. The first-order valence-electron chi connectivity index (χ1n) is 7.82. The van der Waals surface area contributed by atoms with E-state index in [9.17, 15) is 9.59 Å². The fourth-order valence-corrected chi connectivity index (χ4v) is 2.42. The molecule has 0 radical (unpaired) electrons. The van der Waals surface area contributed by atoms with E-state index >= 15 is 0 Å². The summed E-state index contributed by atoms with van der Waals surface area (Å²) in [7, 11) is 1.73. The van der Waals surface area contributed by atoms with E-state index in [2.05, 4.69) is 15.6 Å². The monoisotopic (exact) mass is 320 g/mol. The molecule has 1 fully saturated rings. The molecule has 2 amide bonds. The van der Waals surface area contributed by atoms with Crippen molar-refractivity contribution in [1.29, 1.82) is 0 Å². The molecule has 2 N–H and O–H groups in total. The van der Waals surface area contributed by atoms with Gasteiger partial charge in [-0.3, -0.25) is 14.5 Å². The minimum absolute atomic E-state index is 0.107. The van der Waals surface area contributed by atoms with E-state index < -0.39 is 0 Å². The molecule has 1 aliphatic heterocycles. The van der Waals surface area contributed by atoms with Crippen molar-refractivity contribution >= 4 is 17.6 Å². The number of pyridine rings is 1. The Balaban J connectivity index is 1.67. The second-order valence-corrected chi connectivity index (χ2v) is 5.88. The number of hydrogen-bond acceptors (Lipinski definition) is 5. The number of aromatic nitrogens is 1. The number of likely N-dealkylation sites (N-methyl/N-ethyl adjacent to an activating group) is 1. The molecular formula is C16H24N4O3. The van der Waals surface area contributed by atoms with Crippen LogP contribution in [0.1, 0.15) is 18.4 Å². The van der Waals surface area contributed by atoms with E-state index in [-0.39, 0.29) is 31.0 Å². The molecule has 23 heavy (non-hydrogen) atoms. The SMILES string of the molecule is Cc1ccnc(NC(=O)CN(C)CC(=O)NC[C@@H]2CCCO2)c1. The maximum absolute atomic E-state index is 11.9. The highest BCUT2D eigenvalue weighted by Crippen LogP contribution is 2.10. The largest absolute Gasteiger partial charge is 0.376 e. The van der Waals surface area contributed by atoms with Gasteiger partial charge in [-0.25, -0.2) is 4.98 Å². The van der Waals surface area contributed by atoms with Gasteiger partial charge in [0.1, 0.15) is 5.82 Å². The highest BCUT2D eigenvalue weighted by atomic mass is 16.5. The van der Waals surface area contributed by atoms with Gasteiger partial charge in [0.25, 0.3) is 0 Å². The van der Waals surface area contributed by atoms with Crippen molar-refractivity contribution < 1.29 is 14.3 Å². The second-order valence-electron chi connectivity index (χ2n) is 5.88. The number of aryl methyl sites for hydroxylation is 1. The molecule has 126 valence electrons. The first kappa shape index (κ1) is 17.4. The fraction of sp³-hybridized carbons (Fsp3) is 0.562. The van der Waals surface area contributed by atoms with Crippen LogP contribution in [0.25, 0.3) is 0 Å². The number of carbonyl (C=O) groups excluding carboxylic acids is 2. The number of nitrogens with one attached hydrogen (secondary N) is 2. The van der Waals surface area contributed by atoms with E-state index in [4.69, 9.17) is 4.74 Å². The highest BCUT2D eigenvalue weighted by Gasteiger charge is 2.17. The number of ether oxygens (including phenoxy) is 1. The summed E-state index contributed by atoms with van der Waals surface area (Å²) in [4.78, 5) is 29.5. The number of nitrogens with zero attached hydrogens (tertiary/aromatic N) is 2. The Kier molecular flexibility index (Phi) is 6.49. The lowest BCUT2D eigenvalue weighted by Crippen LogP contribution is -2.41. The number of anilines is 1. The van der Waals surface area contributed by atoms with Crippen molar-refractivity contribution in [2.45, 2.75) is 25.9 Å². The molecule has 1 aliphatic rings. The van der Waals surface area contributed by atoms with E-state index in [1.54, 1.807) is 24.2 Å². The summed E-state index contributed by atoms with van der Waals surface area (Å²) < 4.78 is 5.45. The Labute approximate surface area is 136 Å². The smallest absolute Gasteiger partial charge is 0.239 e. The van der Waals surface area contributed by atoms with E-state index in [1.165, 1.54) is 0 Å². The Morgan fingerprint density at radius 2 is 2.17 bits per heavy atom. The van der Waals surface area contributed by atoms with Crippen LogP contribution in [0.4, 0.5) is 5.82 Å². The Hall–Kier alpha value is -1.99. The van der Waals surface area contributed by atoms with Gasteiger partial charge in [0.15, 0.2) is 0 Å². The molecule has 0 spiro atoms. The minimum Gasteiger partial charge on any atom is -0.376 e. The molecule has 0 bridgehead atoms. The van der Waals surface area contributed by atoms with Crippen LogP contribution in [0.15, 0.2) is 18.3 Å². The Morgan fingerprint density at radius 1 is 1.39 bits per heavy atom. The van der Waals surface area contributed by atoms with Crippen LogP contribution in [0.2, 0.25) is 0 Å². The van der Waals surface area contributed by atoms with Crippen molar-refractivity contribution in [3.05, 3.63) is 23.9 Å². The predicted molar refractivity (Wildman–Crippen MR) is 87.1 cm³/mol. The molecule has 0 aliphatic carbocycles. The summed E-state index contributed by atoms with van der Waals surface area (Å²) in [6.45, 7) is 3.53. The molecule has 7 nitrogen and oxygen atoms in total. The topological polar surface area (TPSA) is 83.6 Å². The van der Waals surface area contributed by atoms with Crippen LogP contribution in [0.5, 0.6) is 0 Å². The maximum atomic E-state index is 11.9. The number of amides is 2. The first-order chi connectivity index (χ1) is 11.0. The number of carbonyl (C=O) groups is 2. The van der Waals surface area contributed by atoms with Crippen LogP contribution in [-0.4, -0.2) is 61.1 Å². The zero-order valence-corrected chi connectivity index (χ0v) is 13.7. The highest BCUT2D eigenvalue weighted by molar-refractivity contribution is 5.91. The molecule has 1 aromatic rings. The van der Waals surface area contributed by atoms with E-state index in [0.29, 0.717) is 12.4 Å². The summed E-state index contributed by atoms with van der Waals surface area (Å²) in [5.41, 5.74) is 1.03.